The topological polar surface area (TPSA) is 35.3 Å². The van der Waals surface area contributed by atoms with E-state index in [0.717, 1.165) is 16.1 Å². The molecule has 0 N–H and O–H groups in total. The number of hydrogen-bond acceptors (Lipinski definition) is 2. The molecule has 3 nitrogen and oxygen atoms in total. The first-order valence-electron chi connectivity index (χ1n) is 5.17. The summed E-state index contributed by atoms with van der Waals surface area (Å²) in [5, 5.41) is 11.5. The summed E-state index contributed by atoms with van der Waals surface area (Å²) >= 11 is 0. The molecule has 0 aliphatic carbocycles. The number of hydroxylamine groups is 1. The van der Waals surface area contributed by atoms with Crippen molar-refractivity contribution in [3.8, 4) is 5.75 Å². The van der Waals surface area contributed by atoms with Gasteiger partial charge in [0.2, 0.25) is 0 Å². The maximum absolute atomic E-state index is 11.5. The number of rotatable bonds is 4. The van der Waals surface area contributed by atoms with Crippen LogP contribution in [0.15, 0.2) is 24.3 Å². The summed E-state index contributed by atoms with van der Waals surface area (Å²) in [6.07, 6.45) is 1.57. The molecule has 3 heteroatoms. The maximum Gasteiger partial charge on any atom is 0.185 e. The zero-order valence-corrected chi connectivity index (χ0v) is 9.43. The molecule has 0 heterocycles. The Balaban J connectivity index is 2.98. The lowest BCUT2D eigenvalue weighted by Crippen LogP contribution is -2.15. The second kappa shape index (κ2) is 5.39. The summed E-state index contributed by atoms with van der Waals surface area (Å²) in [7, 11) is 0. The van der Waals surface area contributed by atoms with Gasteiger partial charge in [0.25, 0.3) is 0 Å². The Bertz CT molecular complexity index is 345. The molecule has 1 aromatic rings. The van der Waals surface area contributed by atoms with E-state index in [9.17, 15) is 5.21 Å². The zero-order valence-electron chi connectivity index (χ0n) is 9.43. The van der Waals surface area contributed by atoms with Crippen molar-refractivity contribution in [2.24, 2.45) is 0 Å². The third kappa shape index (κ3) is 3.27. The number of nitrogens with zero attached hydrogens (tertiary/aromatic N) is 1. The van der Waals surface area contributed by atoms with Gasteiger partial charge in [0.1, 0.15) is 5.75 Å². The minimum atomic E-state index is -0.0558. The van der Waals surface area contributed by atoms with Gasteiger partial charge in [0.15, 0.2) is 12.3 Å². The fourth-order valence-corrected chi connectivity index (χ4v) is 1.16. The molecule has 0 spiro atoms. The highest BCUT2D eigenvalue weighted by molar-refractivity contribution is 5.80. The van der Waals surface area contributed by atoms with Crippen molar-refractivity contribution in [3.05, 3.63) is 35.0 Å². The second-order valence-electron chi connectivity index (χ2n) is 3.55. The fraction of sp³-hybridized carbons (Fsp3) is 0.417. The molecular weight excluding hydrogens is 190 g/mol. The highest BCUT2D eigenvalue weighted by Crippen LogP contribution is 2.15. The summed E-state index contributed by atoms with van der Waals surface area (Å²) in [4.78, 5) is 0. The van der Waals surface area contributed by atoms with Crippen LogP contribution in [0.5, 0.6) is 5.75 Å². The molecule has 1 rings (SSSR count). The standard InChI is InChI=1S/C12H17NO2/c1-4-15-12-8-6-5-7-11(12)9-13(14)10(2)3/h5-10H,4H2,1-3H3. The van der Waals surface area contributed by atoms with Crippen LogP contribution in [-0.2, 0) is 0 Å². The van der Waals surface area contributed by atoms with Gasteiger partial charge in [-0.15, -0.1) is 0 Å². The van der Waals surface area contributed by atoms with Gasteiger partial charge in [0, 0.05) is 0 Å². The van der Waals surface area contributed by atoms with Gasteiger partial charge in [-0.1, -0.05) is 12.1 Å². The van der Waals surface area contributed by atoms with Crippen LogP contribution in [0, 0.1) is 5.21 Å². The molecule has 0 atom stereocenters. The molecule has 0 amide bonds. The molecule has 0 saturated heterocycles. The highest BCUT2D eigenvalue weighted by atomic mass is 16.5. The summed E-state index contributed by atoms with van der Waals surface area (Å²) in [6, 6.07) is 7.47. The third-order valence-corrected chi connectivity index (χ3v) is 1.99. The van der Waals surface area contributed by atoms with Crippen LogP contribution < -0.4 is 4.74 Å². The average molecular weight is 207 g/mol. The summed E-state index contributed by atoms with van der Waals surface area (Å²) in [6.45, 7) is 6.24. The van der Waals surface area contributed by atoms with E-state index in [1.807, 2.05) is 45.0 Å². The maximum atomic E-state index is 11.5. The summed E-state index contributed by atoms with van der Waals surface area (Å²) in [5.41, 5.74) is 0.822. The number of para-hydroxylation sites is 1. The van der Waals surface area contributed by atoms with Crippen LogP contribution in [0.25, 0.3) is 0 Å². The Labute approximate surface area is 90.6 Å². The predicted octanol–water partition coefficient (Wildman–Crippen LogP) is 2.42. The SMILES string of the molecule is CCOc1ccccc1C=[N+]([O-])C(C)C. The van der Waals surface area contributed by atoms with Crippen LogP contribution in [0.2, 0.25) is 0 Å². The van der Waals surface area contributed by atoms with Crippen molar-refractivity contribution in [1.82, 2.24) is 0 Å². The van der Waals surface area contributed by atoms with E-state index in [1.54, 1.807) is 6.21 Å². The molecule has 1 aromatic carbocycles. The van der Waals surface area contributed by atoms with Gasteiger partial charge in [0.05, 0.1) is 12.2 Å². The van der Waals surface area contributed by atoms with Gasteiger partial charge in [-0.2, -0.15) is 0 Å². The Hall–Kier alpha value is -1.51. The van der Waals surface area contributed by atoms with E-state index in [2.05, 4.69) is 0 Å². The largest absolute Gasteiger partial charge is 0.624 e. The van der Waals surface area contributed by atoms with Crippen molar-refractivity contribution in [1.29, 1.82) is 0 Å². The van der Waals surface area contributed by atoms with E-state index in [1.165, 1.54) is 0 Å². The van der Waals surface area contributed by atoms with Crippen molar-refractivity contribution >= 4 is 6.21 Å². The van der Waals surface area contributed by atoms with E-state index in [0.29, 0.717) is 6.61 Å². The van der Waals surface area contributed by atoms with E-state index in [-0.39, 0.29) is 6.04 Å². The van der Waals surface area contributed by atoms with Crippen molar-refractivity contribution in [3.63, 3.8) is 0 Å². The first-order valence-corrected chi connectivity index (χ1v) is 5.17. The lowest BCUT2D eigenvalue weighted by molar-refractivity contribution is -0.487. The summed E-state index contributed by atoms with van der Waals surface area (Å²) < 4.78 is 6.35. The third-order valence-electron chi connectivity index (χ3n) is 1.99. The average Bonchev–Trinajstić information content (AvgIpc) is 2.21. The first kappa shape index (κ1) is 11.6. The molecule has 0 fully saturated rings. The monoisotopic (exact) mass is 207 g/mol. The number of hydrogen-bond donors (Lipinski definition) is 0. The quantitative estimate of drug-likeness (QED) is 0.329. The van der Waals surface area contributed by atoms with Crippen LogP contribution >= 0.6 is 0 Å². The van der Waals surface area contributed by atoms with Gasteiger partial charge in [-0.3, -0.25) is 0 Å². The molecule has 0 aliphatic rings. The van der Waals surface area contributed by atoms with E-state index in [4.69, 9.17) is 4.74 Å². The molecule has 0 aliphatic heterocycles. The molecule has 0 aromatic heterocycles. The summed E-state index contributed by atoms with van der Waals surface area (Å²) in [5.74, 6) is 0.751. The molecule has 0 unspecified atom stereocenters. The lowest BCUT2D eigenvalue weighted by Gasteiger charge is -2.09. The Morgan fingerprint density at radius 3 is 2.67 bits per heavy atom. The van der Waals surface area contributed by atoms with Crippen LogP contribution in [0.3, 0.4) is 0 Å². The molecule has 0 bridgehead atoms. The van der Waals surface area contributed by atoms with Crippen LogP contribution in [0.1, 0.15) is 26.3 Å². The normalized spacial score (nSPS) is 11.9. The van der Waals surface area contributed by atoms with Crippen LogP contribution in [-0.4, -0.2) is 23.6 Å². The van der Waals surface area contributed by atoms with Gasteiger partial charge in [-0.05, 0) is 32.9 Å². The van der Waals surface area contributed by atoms with Gasteiger partial charge in [-0.25, -0.2) is 4.74 Å². The predicted molar refractivity (Wildman–Crippen MR) is 61.5 cm³/mol. The molecule has 0 radical (unpaired) electrons. The van der Waals surface area contributed by atoms with E-state index >= 15 is 0 Å². The Morgan fingerprint density at radius 2 is 2.07 bits per heavy atom. The Morgan fingerprint density at radius 1 is 1.40 bits per heavy atom. The smallest absolute Gasteiger partial charge is 0.185 e. The molecular formula is C12H17NO2. The zero-order chi connectivity index (χ0) is 11.3. The Kier molecular flexibility index (Phi) is 4.16. The molecule has 0 saturated carbocycles. The number of benzene rings is 1. The minimum absolute atomic E-state index is 0.0558. The fourth-order valence-electron chi connectivity index (χ4n) is 1.16. The molecule has 82 valence electrons. The molecule has 15 heavy (non-hydrogen) atoms. The lowest BCUT2D eigenvalue weighted by atomic mass is 10.2. The van der Waals surface area contributed by atoms with Crippen molar-refractivity contribution in [2.75, 3.05) is 6.61 Å². The van der Waals surface area contributed by atoms with Gasteiger partial charge < -0.3 is 9.94 Å². The first-order chi connectivity index (χ1) is 7.15. The number of ether oxygens (including phenoxy) is 1. The van der Waals surface area contributed by atoms with Gasteiger partial charge >= 0.3 is 0 Å². The van der Waals surface area contributed by atoms with Crippen molar-refractivity contribution in [2.45, 2.75) is 26.8 Å². The highest BCUT2D eigenvalue weighted by Gasteiger charge is 2.05. The second-order valence-corrected chi connectivity index (χ2v) is 3.55. The van der Waals surface area contributed by atoms with Crippen LogP contribution in [0.4, 0.5) is 0 Å². The van der Waals surface area contributed by atoms with E-state index < -0.39 is 0 Å². The minimum Gasteiger partial charge on any atom is -0.624 e. The van der Waals surface area contributed by atoms with Crippen molar-refractivity contribution < 1.29 is 9.48 Å².